The summed E-state index contributed by atoms with van der Waals surface area (Å²) >= 11 is 8.69. The number of aromatic nitrogens is 2. The molecule has 0 radical (unpaired) electrons. The van der Waals surface area contributed by atoms with E-state index in [1.54, 1.807) is 17.4 Å². The van der Waals surface area contributed by atoms with Crippen molar-refractivity contribution in [2.75, 3.05) is 5.32 Å². The van der Waals surface area contributed by atoms with Gasteiger partial charge in [-0.1, -0.05) is 11.6 Å². The van der Waals surface area contributed by atoms with E-state index in [1.165, 1.54) is 30.5 Å². The predicted molar refractivity (Wildman–Crippen MR) is 100 cm³/mol. The van der Waals surface area contributed by atoms with Crippen LogP contribution in [0.3, 0.4) is 0 Å². The molecule has 0 atom stereocenters. The van der Waals surface area contributed by atoms with Crippen LogP contribution in [0, 0.1) is 0 Å². The summed E-state index contributed by atoms with van der Waals surface area (Å²) in [5.41, 5.74) is 1.21. The van der Waals surface area contributed by atoms with Crippen LogP contribution in [-0.4, -0.2) is 21.8 Å². The van der Waals surface area contributed by atoms with Gasteiger partial charge in [-0.2, -0.15) is 0 Å². The maximum absolute atomic E-state index is 12.2. The lowest BCUT2D eigenvalue weighted by Crippen LogP contribution is -2.17. The molecule has 0 saturated carbocycles. The molecule has 9 heteroatoms. The Balaban J connectivity index is 1.68. The summed E-state index contributed by atoms with van der Waals surface area (Å²) in [5.74, 6) is -0.354. The second kappa shape index (κ2) is 7.73. The number of rotatable bonds is 5. The molecule has 0 aromatic carbocycles. The molecular formula is C16H13ClN4O2S2. The van der Waals surface area contributed by atoms with Gasteiger partial charge in [0.1, 0.15) is 5.15 Å². The van der Waals surface area contributed by atoms with Crippen molar-refractivity contribution in [3.63, 3.8) is 0 Å². The van der Waals surface area contributed by atoms with E-state index in [1.807, 2.05) is 17.5 Å². The Labute approximate surface area is 156 Å². The van der Waals surface area contributed by atoms with Gasteiger partial charge in [-0.15, -0.1) is 22.7 Å². The Kier molecular flexibility index (Phi) is 5.42. The molecule has 0 fully saturated rings. The van der Waals surface area contributed by atoms with Gasteiger partial charge in [0.05, 0.1) is 17.1 Å². The first-order valence-corrected chi connectivity index (χ1v) is 9.30. The highest BCUT2D eigenvalue weighted by Crippen LogP contribution is 2.31. The minimum atomic E-state index is -0.289. The van der Waals surface area contributed by atoms with E-state index >= 15 is 0 Å². The van der Waals surface area contributed by atoms with Gasteiger partial charge in [-0.3, -0.25) is 14.9 Å². The minimum absolute atomic E-state index is 0.0650. The predicted octanol–water partition coefficient (Wildman–Crippen LogP) is 3.81. The van der Waals surface area contributed by atoms with Crippen LogP contribution in [0.15, 0.2) is 35.8 Å². The maximum atomic E-state index is 12.2. The van der Waals surface area contributed by atoms with Crippen molar-refractivity contribution < 1.29 is 9.59 Å². The number of hydrogen-bond acceptors (Lipinski definition) is 6. The number of carbonyl (C=O) groups excluding carboxylic acids is 2. The maximum Gasteiger partial charge on any atom is 0.257 e. The van der Waals surface area contributed by atoms with Gasteiger partial charge in [0, 0.05) is 28.9 Å². The van der Waals surface area contributed by atoms with Gasteiger partial charge in [0.2, 0.25) is 5.91 Å². The van der Waals surface area contributed by atoms with Crippen molar-refractivity contribution in [2.45, 2.75) is 13.5 Å². The highest BCUT2D eigenvalue weighted by molar-refractivity contribution is 7.17. The Morgan fingerprint density at radius 1 is 1.28 bits per heavy atom. The van der Waals surface area contributed by atoms with Crippen LogP contribution in [0.2, 0.25) is 5.15 Å². The Morgan fingerprint density at radius 3 is 2.88 bits per heavy atom. The van der Waals surface area contributed by atoms with Gasteiger partial charge in [-0.25, -0.2) is 9.97 Å². The fraction of sp³-hybridized carbons (Fsp3) is 0.125. The first-order chi connectivity index (χ1) is 12.0. The first kappa shape index (κ1) is 17.5. The number of nitrogens with zero attached hydrogens (tertiary/aromatic N) is 2. The lowest BCUT2D eigenvalue weighted by molar-refractivity contribution is -0.119. The molecule has 0 saturated heterocycles. The van der Waals surface area contributed by atoms with E-state index in [9.17, 15) is 9.59 Å². The molecule has 3 aromatic rings. The molecule has 0 aliphatic carbocycles. The molecule has 6 nitrogen and oxygen atoms in total. The third-order valence-corrected chi connectivity index (χ3v) is 5.21. The highest BCUT2D eigenvalue weighted by Gasteiger charge is 2.12. The Hall–Kier alpha value is -2.29. The number of halogens is 1. The number of hydrogen-bond donors (Lipinski definition) is 2. The number of thiazole rings is 1. The number of anilines is 1. The van der Waals surface area contributed by atoms with Crippen LogP contribution >= 0.6 is 34.3 Å². The lowest BCUT2D eigenvalue weighted by Gasteiger charge is -2.01. The SMILES string of the molecule is CC(=O)NCc1ccc(-c2csc(NC(=O)c3ccnc(Cl)c3)n2)s1. The summed E-state index contributed by atoms with van der Waals surface area (Å²) < 4.78 is 0. The fourth-order valence-corrected chi connectivity index (χ4v) is 3.84. The van der Waals surface area contributed by atoms with Crippen molar-refractivity contribution in [2.24, 2.45) is 0 Å². The normalized spacial score (nSPS) is 10.5. The van der Waals surface area contributed by atoms with Crippen LogP contribution < -0.4 is 10.6 Å². The van der Waals surface area contributed by atoms with Crippen molar-refractivity contribution in [1.82, 2.24) is 15.3 Å². The van der Waals surface area contributed by atoms with Crippen LogP contribution in [0.4, 0.5) is 5.13 Å². The van der Waals surface area contributed by atoms with Crippen LogP contribution in [0.1, 0.15) is 22.2 Å². The van der Waals surface area contributed by atoms with E-state index < -0.39 is 0 Å². The molecule has 3 rings (SSSR count). The summed E-state index contributed by atoms with van der Waals surface area (Å²) in [6.45, 7) is 1.98. The van der Waals surface area contributed by atoms with Crippen molar-refractivity contribution in [3.05, 3.63) is 51.4 Å². The largest absolute Gasteiger partial charge is 0.351 e. The topological polar surface area (TPSA) is 84.0 Å². The van der Waals surface area contributed by atoms with Crippen molar-refractivity contribution >= 4 is 51.2 Å². The Morgan fingerprint density at radius 2 is 2.12 bits per heavy atom. The molecule has 3 heterocycles. The molecule has 128 valence electrons. The van der Waals surface area contributed by atoms with E-state index in [0.717, 1.165) is 15.4 Å². The zero-order valence-electron chi connectivity index (χ0n) is 13.1. The van der Waals surface area contributed by atoms with Crippen LogP contribution in [-0.2, 0) is 11.3 Å². The van der Waals surface area contributed by atoms with Crippen LogP contribution in [0.25, 0.3) is 10.6 Å². The number of carbonyl (C=O) groups is 2. The molecule has 0 unspecified atom stereocenters. The molecule has 2 amide bonds. The monoisotopic (exact) mass is 392 g/mol. The zero-order valence-corrected chi connectivity index (χ0v) is 15.5. The van der Waals surface area contributed by atoms with Gasteiger partial charge in [0.15, 0.2) is 5.13 Å². The average Bonchev–Trinajstić information content (AvgIpc) is 3.22. The number of amides is 2. The molecule has 3 aromatic heterocycles. The molecule has 0 aliphatic rings. The molecule has 0 spiro atoms. The summed E-state index contributed by atoms with van der Waals surface area (Å²) in [6, 6.07) is 6.99. The lowest BCUT2D eigenvalue weighted by atomic mass is 10.2. The van der Waals surface area contributed by atoms with E-state index in [2.05, 4.69) is 20.6 Å². The van der Waals surface area contributed by atoms with Gasteiger partial charge in [-0.05, 0) is 24.3 Å². The van der Waals surface area contributed by atoms with Gasteiger partial charge < -0.3 is 5.32 Å². The average molecular weight is 393 g/mol. The smallest absolute Gasteiger partial charge is 0.257 e. The Bertz CT molecular complexity index is 922. The number of pyridine rings is 1. The summed E-state index contributed by atoms with van der Waals surface area (Å²) in [5, 5.41) is 8.16. The van der Waals surface area contributed by atoms with Gasteiger partial charge in [0.25, 0.3) is 5.91 Å². The molecule has 0 bridgehead atoms. The quantitative estimate of drug-likeness (QED) is 0.646. The zero-order chi connectivity index (χ0) is 17.8. The highest BCUT2D eigenvalue weighted by atomic mass is 35.5. The fourth-order valence-electron chi connectivity index (χ4n) is 1.98. The third-order valence-electron chi connectivity index (χ3n) is 3.14. The minimum Gasteiger partial charge on any atom is -0.351 e. The molecule has 0 aliphatic heterocycles. The summed E-state index contributed by atoms with van der Waals surface area (Å²) in [4.78, 5) is 33.5. The van der Waals surface area contributed by atoms with E-state index in [4.69, 9.17) is 11.6 Å². The molecule has 25 heavy (non-hydrogen) atoms. The van der Waals surface area contributed by atoms with Crippen LogP contribution in [0.5, 0.6) is 0 Å². The van der Waals surface area contributed by atoms with E-state index in [-0.39, 0.29) is 17.0 Å². The van der Waals surface area contributed by atoms with Crippen molar-refractivity contribution in [1.29, 1.82) is 0 Å². The van der Waals surface area contributed by atoms with Crippen molar-refractivity contribution in [3.8, 4) is 10.6 Å². The third kappa shape index (κ3) is 4.62. The second-order valence-corrected chi connectivity index (χ2v) is 7.45. The summed E-state index contributed by atoms with van der Waals surface area (Å²) in [7, 11) is 0. The summed E-state index contributed by atoms with van der Waals surface area (Å²) in [6.07, 6.45) is 1.48. The van der Waals surface area contributed by atoms with Gasteiger partial charge >= 0.3 is 0 Å². The standard InChI is InChI=1S/C16H13ClN4O2S2/c1-9(22)19-7-11-2-3-13(25-11)12-8-24-16(20-12)21-15(23)10-4-5-18-14(17)6-10/h2-6,8H,7H2,1H3,(H,19,22)(H,20,21,23). The number of thiophene rings is 1. The number of nitrogens with one attached hydrogen (secondary N) is 2. The molecular weight excluding hydrogens is 380 g/mol. The second-order valence-electron chi connectivity index (χ2n) is 5.03. The first-order valence-electron chi connectivity index (χ1n) is 7.23. The van der Waals surface area contributed by atoms with E-state index in [0.29, 0.717) is 17.2 Å². The molecule has 2 N–H and O–H groups in total.